The monoisotopic (exact) mass is 267 g/mol. The average molecular weight is 267 g/mol. The van der Waals surface area contributed by atoms with Gasteiger partial charge in [-0.2, -0.15) is 0 Å². The third kappa shape index (κ3) is 3.39. The number of nitrogens with one attached hydrogen (secondary N) is 3. The van der Waals surface area contributed by atoms with E-state index in [9.17, 15) is 19.7 Å². The SMILES string of the molecule is CNC(=O)CNC(=O)c1cccc(NN)c1[N+](=O)[O-]. The van der Waals surface area contributed by atoms with Crippen molar-refractivity contribution in [2.24, 2.45) is 5.84 Å². The quantitative estimate of drug-likeness (QED) is 0.318. The number of nitro benzene ring substituents is 1. The minimum atomic E-state index is -0.729. The molecular weight excluding hydrogens is 254 g/mol. The van der Waals surface area contributed by atoms with Crippen molar-refractivity contribution in [2.45, 2.75) is 0 Å². The van der Waals surface area contributed by atoms with Crippen molar-refractivity contribution >= 4 is 23.2 Å². The van der Waals surface area contributed by atoms with Crippen LogP contribution in [0.15, 0.2) is 18.2 Å². The van der Waals surface area contributed by atoms with E-state index in [0.717, 1.165) is 0 Å². The van der Waals surface area contributed by atoms with E-state index < -0.39 is 22.4 Å². The average Bonchev–Trinajstić information content (AvgIpc) is 2.42. The van der Waals surface area contributed by atoms with Crippen LogP contribution in [0.4, 0.5) is 11.4 Å². The number of likely N-dealkylation sites (N-methyl/N-ethyl adjacent to an activating group) is 1. The molecule has 5 N–H and O–H groups in total. The standard InChI is InChI=1S/C10H13N5O4/c1-12-8(16)5-13-10(17)6-3-2-4-7(14-11)9(6)15(18)19/h2-4,14H,5,11H2,1H3,(H,12,16)(H,13,17). The largest absolute Gasteiger partial charge is 0.358 e. The number of nitrogens with two attached hydrogens (primary N) is 1. The van der Waals surface area contributed by atoms with Gasteiger partial charge in [-0.05, 0) is 12.1 Å². The number of para-hydroxylation sites is 1. The van der Waals surface area contributed by atoms with Crippen molar-refractivity contribution in [3.63, 3.8) is 0 Å². The van der Waals surface area contributed by atoms with E-state index in [4.69, 9.17) is 5.84 Å². The zero-order chi connectivity index (χ0) is 14.4. The Balaban J connectivity index is 3.02. The number of carbonyl (C=O) groups is 2. The minimum absolute atomic E-state index is 0.0117. The molecule has 0 saturated carbocycles. The number of hydrogen-bond donors (Lipinski definition) is 4. The van der Waals surface area contributed by atoms with Gasteiger partial charge in [-0.3, -0.25) is 25.5 Å². The Morgan fingerprint density at radius 3 is 2.63 bits per heavy atom. The summed E-state index contributed by atoms with van der Waals surface area (Å²) < 4.78 is 0. The zero-order valence-electron chi connectivity index (χ0n) is 10.1. The lowest BCUT2D eigenvalue weighted by molar-refractivity contribution is -0.384. The number of nitrogen functional groups attached to an aromatic ring is 1. The molecular formula is C10H13N5O4. The van der Waals surface area contributed by atoms with E-state index in [1.807, 2.05) is 0 Å². The maximum atomic E-state index is 11.8. The molecule has 0 heterocycles. The number of hydrogen-bond acceptors (Lipinski definition) is 6. The van der Waals surface area contributed by atoms with E-state index in [-0.39, 0.29) is 17.8 Å². The molecule has 0 aliphatic rings. The first kappa shape index (κ1) is 14.4. The third-order valence-corrected chi connectivity index (χ3v) is 2.31. The molecule has 0 bridgehead atoms. The molecule has 102 valence electrons. The summed E-state index contributed by atoms with van der Waals surface area (Å²) >= 11 is 0. The van der Waals surface area contributed by atoms with Gasteiger partial charge in [0.2, 0.25) is 5.91 Å². The lowest BCUT2D eigenvalue weighted by Gasteiger charge is -2.07. The van der Waals surface area contributed by atoms with Gasteiger partial charge in [0.25, 0.3) is 5.91 Å². The summed E-state index contributed by atoms with van der Waals surface area (Å²) in [6.45, 7) is -0.271. The summed E-state index contributed by atoms with van der Waals surface area (Å²) in [6.07, 6.45) is 0. The van der Waals surface area contributed by atoms with Crippen LogP contribution in [0.1, 0.15) is 10.4 Å². The van der Waals surface area contributed by atoms with Gasteiger partial charge < -0.3 is 16.1 Å². The van der Waals surface area contributed by atoms with E-state index >= 15 is 0 Å². The Morgan fingerprint density at radius 1 is 1.42 bits per heavy atom. The Morgan fingerprint density at radius 2 is 2.11 bits per heavy atom. The number of hydrazine groups is 1. The van der Waals surface area contributed by atoms with Gasteiger partial charge in [-0.25, -0.2) is 0 Å². The van der Waals surface area contributed by atoms with Gasteiger partial charge in [0.15, 0.2) is 0 Å². The zero-order valence-corrected chi connectivity index (χ0v) is 10.1. The van der Waals surface area contributed by atoms with Crippen LogP contribution in [-0.4, -0.2) is 30.3 Å². The van der Waals surface area contributed by atoms with Gasteiger partial charge in [-0.15, -0.1) is 0 Å². The molecule has 1 aromatic rings. The van der Waals surface area contributed by atoms with Crippen LogP contribution in [-0.2, 0) is 4.79 Å². The molecule has 0 unspecified atom stereocenters. The summed E-state index contributed by atoms with van der Waals surface area (Å²) in [4.78, 5) is 33.0. The van der Waals surface area contributed by atoms with Crippen molar-refractivity contribution in [3.8, 4) is 0 Å². The number of carbonyl (C=O) groups excluding carboxylic acids is 2. The molecule has 0 saturated heterocycles. The second-order valence-corrected chi connectivity index (χ2v) is 3.46. The van der Waals surface area contributed by atoms with Crippen molar-refractivity contribution in [1.29, 1.82) is 0 Å². The minimum Gasteiger partial charge on any atom is -0.358 e. The third-order valence-electron chi connectivity index (χ3n) is 2.31. The first-order valence-corrected chi connectivity index (χ1v) is 5.24. The van der Waals surface area contributed by atoms with Gasteiger partial charge in [0.05, 0.1) is 11.5 Å². The first-order valence-electron chi connectivity index (χ1n) is 5.24. The number of amides is 2. The predicted octanol–water partition coefficient (Wildman–Crippen LogP) is -0.644. The molecule has 0 aromatic heterocycles. The highest BCUT2D eigenvalue weighted by Gasteiger charge is 2.24. The van der Waals surface area contributed by atoms with Crippen LogP contribution in [0.5, 0.6) is 0 Å². The molecule has 9 nitrogen and oxygen atoms in total. The number of nitrogens with zero attached hydrogens (tertiary/aromatic N) is 1. The molecule has 19 heavy (non-hydrogen) atoms. The Hall–Kier alpha value is -2.68. The maximum Gasteiger partial charge on any atom is 0.306 e. The van der Waals surface area contributed by atoms with Crippen molar-refractivity contribution < 1.29 is 14.5 Å². The summed E-state index contributed by atoms with van der Waals surface area (Å²) in [5.74, 6) is 4.01. The first-order chi connectivity index (χ1) is 9.01. The van der Waals surface area contributed by atoms with Crippen LogP contribution in [0.3, 0.4) is 0 Å². The molecule has 0 radical (unpaired) electrons. The van der Waals surface area contributed by atoms with E-state index in [0.29, 0.717) is 0 Å². The van der Waals surface area contributed by atoms with E-state index in [2.05, 4.69) is 16.1 Å². The van der Waals surface area contributed by atoms with Crippen LogP contribution in [0.25, 0.3) is 0 Å². The van der Waals surface area contributed by atoms with Crippen molar-refractivity contribution in [2.75, 3.05) is 19.0 Å². The molecule has 0 aliphatic heterocycles. The number of nitro groups is 1. The second-order valence-electron chi connectivity index (χ2n) is 3.46. The van der Waals surface area contributed by atoms with E-state index in [1.54, 1.807) is 0 Å². The fraction of sp³-hybridized carbons (Fsp3) is 0.200. The topological polar surface area (TPSA) is 139 Å². The van der Waals surface area contributed by atoms with E-state index in [1.165, 1.54) is 25.2 Å². The molecule has 0 aliphatic carbocycles. The number of benzene rings is 1. The highest BCUT2D eigenvalue weighted by molar-refractivity contribution is 6.01. The molecule has 0 atom stereocenters. The van der Waals surface area contributed by atoms with Crippen molar-refractivity contribution in [1.82, 2.24) is 10.6 Å². The van der Waals surface area contributed by atoms with Crippen LogP contribution in [0.2, 0.25) is 0 Å². The fourth-order valence-corrected chi connectivity index (χ4v) is 1.38. The van der Waals surface area contributed by atoms with Crippen LogP contribution in [0, 0.1) is 10.1 Å². The molecule has 2 amide bonds. The predicted molar refractivity (Wildman–Crippen MR) is 67.3 cm³/mol. The smallest absolute Gasteiger partial charge is 0.306 e. The van der Waals surface area contributed by atoms with Crippen LogP contribution < -0.4 is 21.9 Å². The number of rotatable bonds is 5. The Bertz CT molecular complexity index is 517. The van der Waals surface area contributed by atoms with Gasteiger partial charge >= 0.3 is 5.69 Å². The maximum absolute atomic E-state index is 11.8. The van der Waals surface area contributed by atoms with Gasteiger partial charge in [0.1, 0.15) is 11.3 Å². The second kappa shape index (κ2) is 6.31. The highest BCUT2D eigenvalue weighted by Crippen LogP contribution is 2.27. The normalized spacial score (nSPS) is 9.58. The highest BCUT2D eigenvalue weighted by atomic mass is 16.6. The lowest BCUT2D eigenvalue weighted by atomic mass is 10.1. The van der Waals surface area contributed by atoms with Gasteiger partial charge in [-0.1, -0.05) is 6.07 Å². The summed E-state index contributed by atoms with van der Waals surface area (Å²) in [7, 11) is 1.41. The molecule has 1 rings (SSSR count). The van der Waals surface area contributed by atoms with Crippen molar-refractivity contribution in [3.05, 3.63) is 33.9 Å². The number of anilines is 1. The summed E-state index contributed by atoms with van der Waals surface area (Å²) in [5.41, 5.74) is 1.54. The molecule has 9 heteroatoms. The fourth-order valence-electron chi connectivity index (χ4n) is 1.38. The van der Waals surface area contributed by atoms with Gasteiger partial charge in [0, 0.05) is 7.05 Å². The Kier molecular flexibility index (Phi) is 4.77. The molecule has 0 spiro atoms. The summed E-state index contributed by atoms with van der Waals surface area (Å²) in [5, 5.41) is 15.5. The molecule has 0 fully saturated rings. The summed E-state index contributed by atoms with van der Waals surface area (Å²) in [6, 6.07) is 4.09. The van der Waals surface area contributed by atoms with Crippen LogP contribution >= 0.6 is 0 Å². The molecule has 1 aromatic carbocycles. The Labute approximate surface area is 108 Å². The lowest BCUT2D eigenvalue weighted by Crippen LogP contribution is -2.35.